The molecule has 0 aliphatic heterocycles. The Morgan fingerprint density at radius 3 is 2.79 bits per heavy atom. The Hall–Kier alpha value is -1.95. The van der Waals surface area contributed by atoms with Gasteiger partial charge in [0.2, 0.25) is 11.7 Å². The average Bonchev–Trinajstić information content (AvgIpc) is 3.01. The zero-order chi connectivity index (χ0) is 17.1. The Kier molecular flexibility index (Phi) is 5.14. The molecular formula is C17H22ClN5O. The molecule has 1 aromatic heterocycles. The van der Waals surface area contributed by atoms with Crippen LogP contribution in [0.3, 0.4) is 0 Å². The second-order valence-corrected chi connectivity index (χ2v) is 7.03. The van der Waals surface area contributed by atoms with Gasteiger partial charge in [-0.2, -0.15) is 4.80 Å². The summed E-state index contributed by atoms with van der Waals surface area (Å²) in [6.07, 6.45) is 3.44. The van der Waals surface area contributed by atoms with Gasteiger partial charge in [-0.05, 0) is 47.7 Å². The summed E-state index contributed by atoms with van der Waals surface area (Å²) in [6.45, 7) is 4.54. The first-order valence-electron chi connectivity index (χ1n) is 8.36. The molecule has 1 fully saturated rings. The molecule has 0 bridgehead atoms. The predicted molar refractivity (Wildman–Crippen MR) is 92.4 cm³/mol. The van der Waals surface area contributed by atoms with E-state index in [1.165, 1.54) is 17.6 Å². The number of halogens is 1. The van der Waals surface area contributed by atoms with Crippen LogP contribution < -0.4 is 5.32 Å². The van der Waals surface area contributed by atoms with Crippen molar-refractivity contribution in [3.8, 4) is 11.4 Å². The van der Waals surface area contributed by atoms with Crippen LogP contribution in [0.15, 0.2) is 24.3 Å². The lowest BCUT2D eigenvalue weighted by atomic mass is 9.78. The van der Waals surface area contributed by atoms with Crippen LogP contribution in [-0.4, -0.2) is 32.2 Å². The largest absolute Gasteiger partial charge is 0.351 e. The van der Waals surface area contributed by atoms with E-state index in [9.17, 15) is 4.79 Å². The second-order valence-electron chi connectivity index (χ2n) is 6.59. The van der Waals surface area contributed by atoms with Crippen molar-refractivity contribution in [1.82, 2.24) is 25.5 Å². The molecular weight excluding hydrogens is 326 g/mol. The number of amides is 1. The third-order valence-corrected chi connectivity index (χ3v) is 5.15. The molecule has 3 rings (SSSR count). The topological polar surface area (TPSA) is 72.7 Å². The first-order valence-corrected chi connectivity index (χ1v) is 8.74. The normalized spacial score (nSPS) is 23.9. The molecule has 0 unspecified atom stereocenters. The molecule has 128 valence electrons. The van der Waals surface area contributed by atoms with Crippen LogP contribution in [0.1, 0.15) is 33.1 Å². The molecule has 2 aromatic rings. The van der Waals surface area contributed by atoms with Gasteiger partial charge in [0.05, 0.1) is 0 Å². The lowest BCUT2D eigenvalue weighted by molar-refractivity contribution is -0.123. The number of tetrazole rings is 1. The summed E-state index contributed by atoms with van der Waals surface area (Å²) in [4.78, 5) is 13.6. The summed E-state index contributed by atoms with van der Waals surface area (Å²) in [5.41, 5.74) is 0.820. The second kappa shape index (κ2) is 7.30. The Labute approximate surface area is 146 Å². The van der Waals surface area contributed by atoms with E-state index in [0.717, 1.165) is 12.0 Å². The van der Waals surface area contributed by atoms with Gasteiger partial charge in [-0.15, -0.1) is 10.2 Å². The van der Waals surface area contributed by atoms with Gasteiger partial charge in [-0.1, -0.05) is 38.3 Å². The smallest absolute Gasteiger partial charge is 0.243 e. The number of benzene rings is 1. The molecule has 6 nitrogen and oxygen atoms in total. The molecule has 1 aliphatic rings. The van der Waals surface area contributed by atoms with Crippen molar-refractivity contribution in [2.45, 2.75) is 45.7 Å². The van der Waals surface area contributed by atoms with Gasteiger partial charge < -0.3 is 5.32 Å². The van der Waals surface area contributed by atoms with E-state index in [2.05, 4.69) is 34.6 Å². The van der Waals surface area contributed by atoms with Crippen molar-refractivity contribution in [3.05, 3.63) is 29.3 Å². The Balaban J connectivity index is 1.60. The molecule has 7 heteroatoms. The number of nitrogens with one attached hydrogen (secondary N) is 1. The highest BCUT2D eigenvalue weighted by Gasteiger charge is 2.28. The first kappa shape index (κ1) is 16.9. The molecule has 1 amide bonds. The minimum Gasteiger partial charge on any atom is -0.351 e. The molecule has 1 aliphatic carbocycles. The van der Waals surface area contributed by atoms with Crippen molar-refractivity contribution in [3.63, 3.8) is 0 Å². The summed E-state index contributed by atoms with van der Waals surface area (Å²) in [7, 11) is 0. The van der Waals surface area contributed by atoms with E-state index in [-0.39, 0.29) is 18.5 Å². The Morgan fingerprint density at radius 1 is 1.29 bits per heavy atom. The van der Waals surface area contributed by atoms with Crippen LogP contribution in [0.5, 0.6) is 0 Å². The molecule has 1 aromatic carbocycles. The van der Waals surface area contributed by atoms with Gasteiger partial charge in [-0.3, -0.25) is 4.79 Å². The Bertz CT molecular complexity index is 699. The van der Waals surface area contributed by atoms with Gasteiger partial charge in [0, 0.05) is 16.6 Å². The van der Waals surface area contributed by atoms with E-state index in [0.29, 0.717) is 22.7 Å². The minimum absolute atomic E-state index is 0.0685. The van der Waals surface area contributed by atoms with Crippen molar-refractivity contribution in [2.24, 2.45) is 11.8 Å². The van der Waals surface area contributed by atoms with E-state index in [4.69, 9.17) is 11.6 Å². The predicted octanol–water partition coefficient (Wildman–Crippen LogP) is 2.93. The summed E-state index contributed by atoms with van der Waals surface area (Å²) in [5.74, 6) is 1.56. The molecule has 1 N–H and O–H groups in total. The maximum absolute atomic E-state index is 12.3. The van der Waals surface area contributed by atoms with E-state index in [1.54, 1.807) is 12.1 Å². The average molecular weight is 348 g/mol. The fourth-order valence-electron chi connectivity index (χ4n) is 3.19. The quantitative estimate of drug-likeness (QED) is 0.922. The molecule has 0 spiro atoms. The summed E-state index contributed by atoms with van der Waals surface area (Å²) in [6, 6.07) is 7.44. The highest BCUT2D eigenvalue weighted by Crippen LogP contribution is 2.29. The maximum atomic E-state index is 12.3. The summed E-state index contributed by atoms with van der Waals surface area (Å²) in [5, 5.41) is 16.0. The highest BCUT2D eigenvalue weighted by atomic mass is 35.5. The van der Waals surface area contributed by atoms with Crippen molar-refractivity contribution < 1.29 is 4.79 Å². The molecule has 3 atom stereocenters. The molecule has 0 saturated heterocycles. The fourth-order valence-corrected chi connectivity index (χ4v) is 3.32. The first-order chi connectivity index (χ1) is 11.5. The maximum Gasteiger partial charge on any atom is 0.243 e. The summed E-state index contributed by atoms with van der Waals surface area (Å²) < 4.78 is 0. The van der Waals surface area contributed by atoms with E-state index < -0.39 is 0 Å². The number of rotatable bonds is 4. The van der Waals surface area contributed by atoms with E-state index >= 15 is 0 Å². The van der Waals surface area contributed by atoms with Gasteiger partial charge in [0.1, 0.15) is 6.54 Å². The molecule has 0 radical (unpaired) electrons. The Morgan fingerprint density at radius 2 is 2.04 bits per heavy atom. The van der Waals surface area contributed by atoms with Crippen molar-refractivity contribution in [2.75, 3.05) is 0 Å². The monoisotopic (exact) mass is 347 g/mol. The molecule has 24 heavy (non-hydrogen) atoms. The third kappa shape index (κ3) is 3.93. The number of hydrogen-bond acceptors (Lipinski definition) is 4. The van der Waals surface area contributed by atoms with Crippen LogP contribution in [-0.2, 0) is 11.3 Å². The van der Waals surface area contributed by atoms with Crippen LogP contribution in [0.2, 0.25) is 5.02 Å². The van der Waals surface area contributed by atoms with Crippen LogP contribution in [0.4, 0.5) is 0 Å². The zero-order valence-corrected chi connectivity index (χ0v) is 14.7. The standard InChI is InChI=1S/C17H22ClN5O/c1-11-4-3-5-15(12(11)2)19-16(24)10-23-21-17(20-22-23)13-6-8-14(18)9-7-13/h6-9,11-12,15H,3-5,10H2,1-2H3,(H,19,24)/t11-,12-,15+/m1/s1. The molecule has 1 saturated carbocycles. The van der Waals surface area contributed by atoms with Gasteiger partial charge in [-0.25, -0.2) is 0 Å². The number of aromatic nitrogens is 4. The zero-order valence-electron chi connectivity index (χ0n) is 13.9. The lowest BCUT2D eigenvalue weighted by Gasteiger charge is -2.34. The van der Waals surface area contributed by atoms with Crippen LogP contribution >= 0.6 is 11.6 Å². The van der Waals surface area contributed by atoms with E-state index in [1.807, 2.05) is 12.1 Å². The van der Waals surface area contributed by atoms with Crippen molar-refractivity contribution in [1.29, 1.82) is 0 Å². The number of carbonyl (C=O) groups excluding carboxylic acids is 1. The van der Waals surface area contributed by atoms with Gasteiger partial charge in [0.15, 0.2) is 0 Å². The lowest BCUT2D eigenvalue weighted by Crippen LogP contribution is -2.45. The minimum atomic E-state index is -0.0685. The summed E-state index contributed by atoms with van der Waals surface area (Å²) >= 11 is 5.87. The number of carbonyl (C=O) groups is 1. The molecule has 1 heterocycles. The fraction of sp³-hybridized carbons (Fsp3) is 0.529. The van der Waals surface area contributed by atoms with Crippen LogP contribution in [0.25, 0.3) is 11.4 Å². The van der Waals surface area contributed by atoms with Gasteiger partial charge in [0.25, 0.3) is 0 Å². The van der Waals surface area contributed by atoms with Gasteiger partial charge >= 0.3 is 0 Å². The third-order valence-electron chi connectivity index (χ3n) is 4.89. The van der Waals surface area contributed by atoms with Crippen molar-refractivity contribution >= 4 is 17.5 Å². The number of hydrogen-bond donors (Lipinski definition) is 1. The number of nitrogens with zero attached hydrogens (tertiary/aromatic N) is 4. The van der Waals surface area contributed by atoms with Crippen LogP contribution in [0, 0.1) is 11.8 Å². The SMILES string of the molecule is C[C@@H]1[C@H](C)CCC[C@@H]1NC(=O)Cn1nnc(-c2ccc(Cl)cc2)n1. The highest BCUT2D eigenvalue weighted by molar-refractivity contribution is 6.30.